The fourth-order valence-corrected chi connectivity index (χ4v) is 5.91. The van der Waals surface area contributed by atoms with Crippen LogP contribution in [0.2, 0.25) is 0 Å². The maximum absolute atomic E-state index is 12.2. The van der Waals surface area contributed by atoms with Gasteiger partial charge in [-0.05, 0) is 105 Å². The Labute approximate surface area is 309 Å². The molecule has 2 aliphatic carbocycles. The van der Waals surface area contributed by atoms with Crippen LogP contribution in [-0.4, -0.2) is 18.0 Å². The number of benzene rings is 5. The first kappa shape index (κ1) is 37.5. The Morgan fingerprint density at radius 1 is 0.481 bits per heavy atom. The molecule has 0 bridgehead atoms. The van der Waals surface area contributed by atoms with Gasteiger partial charge < -0.3 is 9.47 Å². The van der Waals surface area contributed by atoms with Crippen molar-refractivity contribution < 1.29 is 19.1 Å². The van der Waals surface area contributed by atoms with E-state index in [1.165, 1.54) is 11.1 Å². The molecule has 2 aliphatic rings. The van der Waals surface area contributed by atoms with Gasteiger partial charge in [-0.3, -0.25) is 0 Å². The zero-order chi connectivity index (χ0) is 36.5. The number of allylic oxidation sites excluding steroid dienone is 6. The van der Waals surface area contributed by atoms with Crippen LogP contribution in [0.25, 0.3) is 11.1 Å². The van der Waals surface area contributed by atoms with Gasteiger partial charge >= 0.3 is 11.9 Å². The van der Waals surface area contributed by atoms with Crippen LogP contribution in [-0.2, 0) is 4.74 Å². The molecule has 5 aromatic carbocycles. The number of hydrogen-bond donors (Lipinski definition) is 0. The third-order valence-electron chi connectivity index (χ3n) is 9.02. The van der Waals surface area contributed by atoms with Crippen LogP contribution in [0.15, 0.2) is 164 Å². The molecular formula is C48H47O4. The van der Waals surface area contributed by atoms with Crippen LogP contribution in [0, 0.1) is 27.2 Å². The molecule has 0 saturated heterocycles. The van der Waals surface area contributed by atoms with Crippen molar-refractivity contribution in [3.8, 4) is 16.9 Å². The smallest absolute Gasteiger partial charge is 0.343 e. The molecular weight excluding hydrogens is 641 g/mol. The molecule has 1 saturated carbocycles. The van der Waals surface area contributed by atoms with Gasteiger partial charge in [-0.25, -0.2) is 9.59 Å². The van der Waals surface area contributed by atoms with E-state index in [2.05, 4.69) is 31.2 Å². The summed E-state index contributed by atoms with van der Waals surface area (Å²) >= 11 is 0. The summed E-state index contributed by atoms with van der Waals surface area (Å²) < 4.78 is 11.0. The molecule has 0 spiro atoms. The van der Waals surface area contributed by atoms with Crippen LogP contribution in [0.5, 0.6) is 5.75 Å². The molecule has 4 heteroatoms. The molecule has 0 unspecified atom stereocenters. The highest BCUT2D eigenvalue weighted by Gasteiger charge is 2.25. The highest BCUT2D eigenvalue weighted by molar-refractivity contribution is 5.91. The van der Waals surface area contributed by atoms with Gasteiger partial charge in [-0.1, -0.05) is 144 Å². The average molecular weight is 688 g/mol. The summed E-state index contributed by atoms with van der Waals surface area (Å²) in [6, 6.07) is 41.3. The van der Waals surface area contributed by atoms with Crippen molar-refractivity contribution in [1.29, 1.82) is 0 Å². The largest absolute Gasteiger partial charge is 0.459 e. The molecule has 1 fully saturated rings. The Morgan fingerprint density at radius 3 is 1.52 bits per heavy atom. The van der Waals surface area contributed by atoms with E-state index in [4.69, 9.17) is 9.47 Å². The number of hydrogen-bond acceptors (Lipinski definition) is 4. The summed E-state index contributed by atoms with van der Waals surface area (Å²) in [5.74, 6) is 0.625. The van der Waals surface area contributed by atoms with E-state index in [9.17, 15) is 9.59 Å². The van der Waals surface area contributed by atoms with E-state index in [0.29, 0.717) is 22.8 Å². The van der Waals surface area contributed by atoms with Gasteiger partial charge in [-0.2, -0.15) is 0 Å². The number of carbonyl (C=O) groups is 2. The lowest BCUT2D eigenvalue weighted by Crippen LogP contribution is -2.24. The van der Waals surface area contributed by atoms with Crippen molar-refractivity contribution in [2.24, 2.45) is 0 Å². The highest BCUT2D eigenvalue weighted by atomic mass is 16.5. The molecule has 1 radical (unpaired) electrons. The number of rotatable bonds is 6. The molecule has 0 N–H and O–H groups in total. The van der Waals surface area contributed by atoms with E-state index in [1.807, 2.05) is 136 Å². The monoisotopic (exact) mass is 687 g/mol. The first-order valence-electron chi connectivity index (χ1n) is 18.0. The van der Waals surface area contributed by atoms with E-state index >= 15 is 0 Å². The van der Waals surface area contributed by atoms with Gasteiger partial charge in [0.2, 0.25) is 0 Å². The average Bonchev–Trinajstić information content (AvgIpc) is 3.51. The summed E-state index contributed by atoms with van der Waals surface area (Å²) in [6.07, 6.45) is 18.2. The summed E-state index contributed by atoms with van der Waals surface area (Å²) in [4.78, 5) is 24.3. The number of esters is 2. The second-order valence-electron chi connectivity index (χ2n) is 13.1. The standard InChI is InChI=1S/C21H24O2.C20H16O2.C7H7/c1-15-3-7-17(8-4-15)18-11-13-20(14-12-18)23-21(22)19-9-5-16(2)6-10-19;1-15-7-13-19(14-8-15)22-20(21)18-11-9-17(10-12-18)16-5-3-2-4-6-16;1-2-4-6-7-5-3-1/h3-10,18,20H,11-14H2,1-2H3;2-14H,1H3;1-7H. The third-order valence-corrected chi connectivity index (χ3v) is 9.02. The zero-order valence-electron chi connectivity index (χ0n) is 30.3. The Morgan fingerprint density at radius 2 is 0.942 bits per heavy atom. The Hall–Kier alpha value is -5.74. The van der Waals surface area contributed by atoms with Gasteiger partial charge in [0, 0.05) is 6.42 Å². The maximum atomic E-state index is 12.2. The molecule has 263 valence electrons. The molecule has 7 rings (SSSR count). The second kappa shape index (κ2) is 19.6. The Bertz CT molecular complexity index is 1910. The lowest BCUT2D eigenvalue weighted by Gasteiger charge is -2.28. The van der Waals surface area contributed by atoms with Crippen molar-refractivity contribution in [1.82, 2.24) is 0 Å². The van der Waals surface area contributed by atoms with Crippen molar-refractivity contribution in [3.63, 3.8) is 0 Å². The van der Waals surface area contributed by atoms with Crippen LogP contribution in [0.4, 0.5) is 0 Å². The lowest BCUT2D eigenvalue weighted by atomic mass is 9.82. The third kappa shape index (κ3) is 11.9. The fraction of sp³-hybridized carbons (Fsp3) is 0.188. The quantitative estimate of drug-likeness (QED) is 0.132. The molecule has 0 aromatic heterocycles. The normalized spacial score (nSPS) is 15.9. The summed E-state index contributed by atoms with van der Waals surface area (Å²) in [6.45, 7) is 6.13. The minimum atomic E-state index is -0.344. The number of aryl methyl sites for hydroxylation is 3. The van der Waals surface area contributed by atoms with Crippen LogP contribution < -0.4 is 4.74 Å². The van der Waals surface area contributed by atoms with Gasteiger partial charge in [-0.15, -0.1) is 0 Å². The van der Waals surface area contributed by atoms with Gasteiger partial charge in [0.25, 0.3) is 0 Å². The summed E-state index contributed by atoms with van der Waals surface area (Å²) in [7, 11) is 0. The highest BCUT2D eigenvalue weighted by Crippen LogP contribution is 2.34. The molecule has 0 heterocycles. The lowest BCUT2D eigenvalue weighted by molar-refractivity contribution is 0.0195. The summed E-state index contributed by atoms with van der Waals surface area (Å²) in [5, 5.41) is 0. The minimum absolute atomic E-state index is 0.0606. The van der Waals surface area contributed by atoms with Crippen LogP contribution in [0.3, 0.4) is 0 Å². The van der Waals surface area contributed by atoms with E-state index in [1.54, 1.807) is 24.3 Å². The topological polar surface area (TPSA) is 52.6 Å². The van der Waals surface area contributed by atoms with Gasteiger partial charge in [0.1, 0.15) is 11.9 Å². The molecule has 0 atom stereocenters. The van der Waals surface area contributed by atoms with Gasteiger partial charge in [0.05, 0.1) is 11.1 Å². The van der Waals surface area contributed by atoms with Crippen molar-refractivity contribution >= 4 is 11.9 Å². The zero-order valence-corrected chi connectivity index (χ0v) is 30.3. The predicted molar refractivity (Wildman–Crippen MR) is 213 cm³/mol. The van der Waals surface area contributed by atoms with E-state index in [-0.39, 0.29) is 18.0 Å². The van der Waals surface area contributed by atoms with Crippen molar-refractivity contribution in [3.05, 3.63) is 204 Å². The molecule has 52 heavy (non-hydrogen) atoms. The molecule has 0 amide bonds. The molecule has 4 nitrogen and oxygen atoms in total. The van der Waals surface area contributed by atoms with E-state index in [0.717, 1.165) is 47.9 Å². The van der Waals surface area contributed by atoms with Crippen LogP contribution in [0.1, 0.15) is 74.6 Å². The Kier molecular flexibility index (Phi) is 14.1. The maximum Gasteiger partial charge on any atom is 0.343 e. The predicted octanol–water partition coefficient (Wildman–Crippen LogP) is 11.9. The van der Waals surface area contributed by atoms with E-state index < -0.39 is 0 Å². The molecule has 0 aliphatic heterocycles. The number of carbonyl (C=O) groups excluding carboxylic acids is 2. The summed E-state index contributed by atoms with van der Waals surface area (Å²) in [5.41, 5.74) is 8.39. The van der Waals surface area contributed by atoms with Crippen LogP contribution >= 0.6 is 0 Å². The number of ether oxygens (including phenoxy) is 2. The molecule has 5 aromatic rings. The SMILES string of the molecule is Cc1ccc(C(=O)OC2CCC(c3ccc(C)cc3)CC2)cc1.Cc1ccc(OC(=O)c2ccc(-c3ccccc3)cc2)cc1.[CH]1C=CC=CC=C1. The fourth-order valence-electron chi connectivity index (χ4n) is 5.91. The van der Waals surface area contributed by atoms with Crippen molar-refractivity contribution in [2.75, 3.05) is 0 Å². The first-order chi connectivity index (χ1) is 25.3. The second-order valence-corrected chi connectivity index (χ2v) is 13.1. The van der Waals surface area contributed by atoms with Crippen molar-refractivity contribution in [2.45, 2.75) is 58.5 Å². The Balaban J connectivity index is 0.000000170. The first-order valence-corrected chi connectivity index (χ1v) is 18.0. The van der Waals surface area contributed by atoms with Gasteiger partial charge in [0.15, 0.2) is 0 Å². The minimum Gasteiger partial charge on any atom is -0.459 e.